The van der Waals surface area contributed by atoms with Gasteiger partial charge in [-0.15, -0.1) is 0 Å². The molecule has 0 radical (unpaired) electrons. The van der Waals surface area contributed by atoms with Gasteiger partial charge in [0.15, 0.2) is 0 Å². The Bertz CT molecular complexity index is 518. The van der Waals surface area contributed by atoms with Gasteiger partial charge in [0.05, 0.1) is 4.99 Å². The molecule has 2 atom stereocenters. The van der Waals surface area contributed by atoms with E-state index in [0.29, 0.717) is 12.0 Å². The summed E-state index contributed by atoms with van der Waals surface area (Å²) in [4.78, 5) is 5.80. The molecule has 1 aliphatic heterocycles. The van der Waals surface area contributed by atoms with E-state index in [1.807, 2.05) is 12.1 Å². The van der Waals surface area contributed by atoms with Crippen LogP contribution in [0.5, 0.6) is 0 Å². The molecule has 23 heavy (non-hydrogen) atoms. The summed E-state index contributed by atoms with van der Waals surface area (Å²) in [6, 6.07) is 7.55. The molecule has 2 nitrogen and oxygen atoms in total. The van der Waals surface area contributed by atoms with Crippen molar-refractivity contribution in [3.63, 3.8) is 0 Å². The molecular weight excluding hydrogens is 307 g/mol. The van der Waals surface area contributed by atoms with Gasteiger partial charge in [0.2, 0.25) is 0 Å². The first-order valence-electron chi connectivity index (χ1n) is 8.70. The third-order valence-electron chi connectivity index (χ3n) is 4.84. The molecule has 1 heterocycles. The predicted octanol–water partition coefficient (Wildman–Crippen LogP) is 4.14. The van der Waals surface area contributed by atoms with Gasteiger partial charge in [0.25, 0.3) is 0 Å². The fourth-order valence-corrected chi connectivity index (χ4v) is 3.89. The van der Waals surface area contributed by atoms with E-state index in [-0.39, 0.29) is 5.82 Å². The van der Waals surface area contributed by atoms with E-state index in [1.54, 1.807) is 6.07 Å². The van der Waals surface area contributed by atoms with E-state index >= 15 is 0 Å². The molecule has 0 aliphatic carbocycles. The van der Waals surface area contributed by atoms with Gasteiger partial charge in [-0.25, -0.2) is 4.39 Å². The Morgan fingerprint density at radius 2 is 2.17 bits per heavy atom. The minimum absolute atomic E-state index is 0.143. The number of benzene rings is 1. The van der Waals surface area contributed by atoms with E-state index in [2.05, 4.69) is 30.8 Å². The van der Waals surface area contributed by atoms with E-state index in [9.17, 15) is 4.39 Å². The highest BCUT2D eigenvalue weighted by Gasteiger charge is 2.31. The fraction of sp³-hybridized carbons (Fsp3) is 0.632. The van der Waals surface area contributed by atoms with E-state index in [0.717, 1.165) is 42.9 Å². The summed E-state index contributed by atoms with van der Waals surface area (Å²) in [5, 5.41) is 0. The zero-order valence-electron chi connectivity index (χ0n) is 14.6. The highest BCUT2D eigenvalue weighted by molar-refractivity contribution is 7.80. The average Bonchev–Trinajstić information content (AvgIpc) is 2.52. The molecular formula is C19H29FN2S. The van der Waals surface area contributed by atoms with Gasteiger partial charge >= 0.3 is 0 Å². The van der Waals surface area contributed by atoms with Gasteiger partial charge in [-0.2, -0.15) is 0 Å². The van der Waals surface area contributed by atoms with Crippen molar-refractivity contribution in [2.75, 3.05) is 27.2 Å². The number of nitrogens with zero attached hydrogens (tertiary/aromatic N) is 2. The lowest BCUT2D eigenvalue weighted by Crippen LogP contribution is -2.51. The lowest BCUT2D eigenvalue weighted by atomic mass is 9.86. The van der Waals surface area contributed by atoms with Gasteiger partial charge < -0.3 is 9.80 Å². The molecule has 0 saturated carbocycles. The van der Waals surface area contributed by atoms with Crippen LogP contribution in [0.3, 0.4) is 0 Å². The van der Waals surface area contributed by atoms with Crippen LogP contribution >= 0.6 is 12.2 Å². The molecule has 0 aromatic heterocycles. The molecule has 0 unspecified atom stereocenters. The number of unbranched alkanes of at least 4 members (excludes halogenated alkanes) is 1. The highest BCUT2D eigenvalue weighted by Crippen LogP contribution is 2.26. The van der Waals surface area contributed by atoms with Crippen LogP contribution in [0.4, 0.5) is 4.39 Å². The van der Waals surface area contributed by atoms with Gasteiger partial charge in [-0.3, -0.25) is 0 Å². The zero-order valence-corrected chi connectivity index (χ0v) is 15.4. The molecule has 1 saturated heterocycles. The summed E-state index contributed by atoms with van der Waals surface area (Å²) in [5.74, 6) is 0.343. The summed E-state index contributed by atoms with van der Waals surface area (Å²) in [5.41, 5.74) is 1.09. The minimum Gasteiger partial charge on any atom is -0.366 e. The first kappa shape index (κ1) is 18.3. The van der Waals surface area contributed by atoms with Crippen LogP contribution in [-0.4, -0.2) is 48.0 Å². The smallest absolute Gasteiger partial charge is 0.123 e. The molecule has 2 rings (SSSR count). The molecule has 0 spiro atoms. The second-order valence-corrected chi connectivity index (χ2v) is 7.33. The minimum atomic E-state index is -0.143. The van der Waals surface area contributed by atoms with Crippen LogP contribution < -0.4 is 0 Å². The van der Waals surface area contributed by atoms with Crippen molar-refractivity contribution in [1.82, 2.24) is 9.80 Å². The molecule has 0 N–H and O–H groups in total. The molecule has 1 aromatic carbocycles. The lowest BCUT2D eigenvalue weighted by molar-refractivity contribution is 0.122. The first-order chi connectivity index (χ1) is 11.0. The van der Waals surface area contributed by atoms with Crippen molar-refractivity contribution in [2.24, 2.45) is 5.92 Å². The van der Waals surface area contributed by atoms with Gasteiger partial charge in [0.1, 0.15) is 5.82 Å². The number of thiocarbonyl (C=S) groups is 1. The molecule has 1 aromatic rings. The van der Waals surface area contributed by atoms with E-state index < -0.39 is 0 Å². The van der Waals surface area contributed by atoms with E-state index in [1.165, 1.54) is 18.9 Å². The lowest BCUT2D eigenvalue weighted by Gasteiger charge is -2.43. The van der Waals surface area contributed by atoms with Crippen LogP contribution in [0.25, 0.3) is 0 Å². The van der Waals surface area contributed by atoms with Gasteiger partial charge in [-0.1, -0.05) is 37.7 Å². The summed E-state index contributed by atoms with van der Waals surface area (Å²) >= 11 is 5.63. The summed E-state index contributed by atoms with van der Waals surface area (Å²) in [7, 11) is 4.29. The second-order valence-electron chi connectivity index (χ2n) is 6.86. The Labute approximate surface area is 145 Å². The van der Waals surface area contributed by atoms with Crippen molar-refractivity contribution < 1.29 is 4.39 Å². The zero-order chi connectivity index (χ0) is 16.8. The number of likely N-dealkylation sites (tertiary alicyclic amines) is 1. The Hall–Kier alpha value is -1.00. The topological polar surface area (TPSA) is 6.48 Å². The van der Waals surface area contributed by atoms with Crippen molar-refractivity contribution in [1.29, 1.82) is 0 Å². The van der Waals surface area contributed by atoms with Crippen molar-refractivity contribution in [3.8, 4) is 0 Å². The standard InChI is InChI=1S/C19H29FN2S/c1-4-5-9-19(23)22-11-10-18(21(2)3)16(14-22)12-15-7-6-8-17(20)13-15/h6-8,13,16,18H,4-5,9-12,14H2,1-3H3/t16-,18-/m0/s1. The SMILES string of the molecule is CCCCC(=S)N1CC[C@H](N(C)C)[C@@H](Cc2cccc(F)c2)C1. The molecule has 1 fully saturated rings. The average molecular weight is 337 g/mol. The van der Waals surface area contributed by atoms with Crippen molar-refractivity contribution >= 4 is 17.2 Å². The van der Waals surface area contributed by atoms with Gasteiger partial charge in [-0.05, 0) is 63.4 Å². The van der Waals surface area contributed by atoms with Crippen LogP contribution in [-0.2, 0) is 6.42 Å². The number of rotatable bonds is 6. The Morgan fingerprint density at radius 1 is 1.39 bits per heavy atom. The van der Waals surface area contributed by atoms with E-state index in [4.69, 9.17) is 12.2 Å². The van der Waals surface area contributed by atoms with Crippen LogP contribution in [0.1, 0.15) is 38.2 Å². The Kier molecular flexibility index (Phi) is 6.97. The quantitative estimate of drug-likeness (QED) is 0.721. The number of halogens is 1. The molecule has 1 aliphatic rings. The Balaban J connectivity index is 2.06. The number of hydrogen-bond acceptors (Lipinski definition) is 2. The van der Waals surface area contributed by atoms with Crippen molar-refractivity contribution in [3.05, 3.63) is 35.6 Å². The largest absolute Gasteiger partial charge is 0.366 e. The molecule has 0 bridgehead atoms. The first-order valence-corrected chi connectivity index (χ1v) is 9.10. The predicted molar refractivity (Wildman–Crippen MR) is 99.4 cm³/mol. The highest BCUT2D eigenvalue weighted by atomic mass is 32.1. The molecule has 4 heteroatoms. The normalized spacial score (nSPS) is 21.7. The van der Waals surface area contributed by atoms with Crippen LogP contribution in [0.2, 0.25) is 0 Å². The second kappa shape index (κ2) is 8.74. The van der Waals surface area contributed by atoms with Crippen LogP contribution in [0, 0.1) is 11.7 Å². The summed E-state index contributed by atoms with van der Waals surface area (Å²) in [6.07, 6.45) is 5.40. The molecule has 128 valence electrons. The Morgan fingerprint density at radius 3 is 2.83 bits per heavy atom. The number of hydrogen-bond donors (Lipinski definition) is 0. The third-order valence-corrected chi connectivity index (χ3v) is 5.30. The number of piperidine rings is 1. The molecule has 0 amide bonds. The van der Waals surface area contributed by atoms with Gasteiger partial charge in [0, 0.05) is 19.1 Å². The maximum Gasteiger partial charge on any atom is 0.123 e. The third kappa shape index (κ3) is 5.25. The summed E-state index contributed by atoms with van der Waals surface area (Å²) in [6.45, 7) is 4.24. The maximum absolute atomic E-state index is 13.5. The fourth-order valence-electron chi connectivity index (χ4n) is 3.58. The maximum atomic E-state index is 13.5. The van der Waals surface area contributed by atoms with Crippen molar-refractivity contribution in [2.45, 2.75) is 45.1 Å². The monoisotopic (exact) mass is 336 g/mol. The van der Waals surface area contributed by atoms with Crippen LogP contribution in [0.15, 0.2) is 24.3 Å². The summed E-state index contributed by atoms with van der Waals surface area (Å²) < 4.78 is 13.5.